The number of fused-ring (bicyclic) bond motifs is 1. The zero-order chi connectivity index (χ0) is 13.9. The van der Waals surface area contributed by atoms with Gasteiger partial charge in [-0.05, 0) is 38.5 Å². The van der Waals surface area contributed by atoms with Gasteiger partial charge in [0.05, 0.1) is 16.6 Å². The number of pyridine rings is 2. The second-order valence-electron chi connectivity index (χ2n) is 5.10. The maximum absolute atomic E-state index is 11.0. The number of nitrogens with zero attached hydrogens (tertiary/aromatic N) is 2. The van der Waals surface area contributed by atoms with Gasteiger partial charge in [0.2, 0.25) is 0 Å². The third-order valence-electron chi connectivity index (χ3n) is 3.14. The number of carboxylic acid groups (broad SMARTS) is 1. The molecular weight excluding hydrogens is 242 g/mol. The number of carboxylic acids is 1. The Balaban J connectivity index is 2.09. The largest absolute Gasteiger partial charge is 0.481 e. The predicted octanol–water partition coefficient (Wildman–Crippen LogP) is 2.54. The number of hydrogen-bond acceptors (Lipinski definition) is 4. The summed E-state index contributed by atoms with van der Waals surface area (Å²) in [5.74, 6) is -0.785. The molecule has 0 aliphatic rings. The molecule has 0 atom stereocenters. The summed E-state index contributed by atoms with van der Waals surface area (Å²) < 4.78 is 0. The number of anilines is 1. The molecule has 0 saturated heterocycles. The van der Waals surface area contributed by atoms with Crippen LogP contribution in [-0.4, -0.2) is 27.6 Å². The molecule has 2 rings (SSSR count). The van der Waals surface area contributed by atoms with E-state index in [1.54, 1.807) is 26.2 Å². The SMILES string of the molecule is CC(C)(CCNc1ccnc2cccnc12)C(=O)O. The minimum Gasteiger partial charge on any atom is -0.481 e. The van der Waals surface area contributed by atoms with Crippen LogP contribution in [0, 0.1) is 5.41 Å². The monoisotopic (exact) mass is 259 g/mol. The Morgan fingerprint density at radius 1 is 1.32 bits per heavy atom. The quantitative estimate of drug-likeness (QED) is 0.863. The van der Waals surface area contributed by atoms with Gasteiger partial charge in [-0.2, -0.15) is 0 Å². The fourth-order valence-corrected chi connectivity index (χ4v) is 1.74. The molecule has 0 aliphatic heterocycles. The third-order valence-corrected chi connectivity index (χ3v) is 3.14. The highest BCUT2D eigenvalue weighted by atomic mass is 16.4. The van der Waals surface area contributed by atoms with E-state index in [2.05, 4.69) is 15.3 Å². The first-order valence-corrected chi connectivity index (χ1v) is 6.18. The van der Waals surface area contributed by atoms with Crippen LogP contribution >= 0.6 is 0 Å². The van der Waals surface area contributed by atoms with Crippen molar-refractivity contribution in [3.8, 4) is 0 Å². The van der Waals surface area contributed by atoms with E-state index in [0.717, 1.165) is 16.7 Å². The number of hydrogen-bond donors (Lipinski definition) is 2. The molecule has 0 aromatic carbocycles. The van der Waals surface area contributed by atoms with E-state index < -0.39 is 11.4 Å². The molecule has 0 spiro atoms. The molecule has 2 aromatic rings. The van der Waals surface area contributed by atoms with Crippen LogP contribution in [0.25, 0.3) is 11.0 Å². The van der Waals surface area contributed by atoms with Crippen molar-refractivity contribution >= 4 is 22.7 Å². The summed E-state index contributed by atoms with van der Waals surface area (Å²) in [4.78, 5) is 19.5. The van der Waals surface area contributed by atoms with E-state index in [1.807, 2.05) is 18.2 Å². The van der Waals surface area contributed by atoms with E-state index in [1.165, 1.54) is 0 Å². The Kier molecular flexibility index (Phi) is 3.64. The topological polar surface area (TPSA) is 75.1 Å². The van der Waals surface area contributed by atoms with Gasteiger partial charge in [-0.25, -0.2) is 0 Å². The van der Waals surface area contributed by atoms with Gasteiger partial charge in [0, 0.05) is 18.9 Å². The smallest absolute Gasteiger partial charge is 0.309 e. The molecule has 0 unspecified atom stereocenters. The Bertz CT molecular complexity index is 591. The highest BCUT2D eigenvalue weighted by Crippen LogP contribution is 2.22. The van der Waals surface area contributed by atoms with Crippen LogP contribution in [0.15, 0.2) is 30.6 Å². The molecule has 5 heteroatoms. The van der Waals surface area contributed by atoms with Crippen molar-refractivity contribution in [2.24, 2.45) is 5.41 Å². The summed E-state index contributed by atoms with van der Waals surface area (Å²) in [6.07, 6.45) is 3.98. The van der Waals surface area contributed by atoms with Crippen LogP contribution in [0.3, 0.4) is 0 Å². The summed E-state index contributed by atoms with van der Waals surface area (Å²) in [5, 5.41) is 12.3. The average Bonchev–Trinajstić information content (AvgIpc) is 2.38. The van der Waals surface area contributed by atoms with Crippen molar-refractivity contribution in [2.75, 3.05) is 11.9 Å². The Labute approximate surface area is 111 Å². The number of carbonyl (C=O) groups is 1. The van der Waals surface area contributed by atoms with Crippen LogP contribution in [0.2, 0.25) is 0 Å². The lowest BCUT2D eigenvalue weighted by atomic mass is 9.90. The van der Waals surface area contributed by atoms with E-state index in [9.17, 15) is 4.79 Å². The van der Waals surface area contributed by atoms with Crippen molar-refractivity contribution in [1.82, 2.24) is 9.97 Å². The molecule has 0 radical (unpaired) electrons. The van der Waals surface area contributed by atoms with E-state index in [-0.39, 0.29) is 0 Å². The Morgan fingerprint density at radius 2 is 2.11 bits per heavy atom. The number of aliphatic carboxylic acids is 1. The van der Waals surface area contributed by atoms with Crippen molar-refractivity contribution in [2.45, 2.75) is 20.3 Å². The lowest BCUT2D eigenvalue weighted by Crippen LogP contribution is -2.26. The summed E-state index contributed by atoms with van der Waals surface area (Å²) in [6.45, 7) is 4.02. The molecule has 100 valence electrons. The highest BCUT2D eigenvalue weighted by Gasteiger charge is 2.26. The van der Waals surface area contributed by atoms with Gasteiger partial charge < -0.3 is 10.4 Å². The van der Waals surface area contributed by atoms with Crippen molar-refractivity contribution in [3.63, 3.8) is 0 Å². The van der Waals surface area contributed by atoms with Crippen LogP contribution < -0.4 is 5.32 Å². The van der Waals surface area contributed by atoms with E-state index in [4.69, 9.17) is 5.11 Å². The minimum atomic E-state index is -0.785. The maximum atomic E-state index is 11.0. The van der Waals surface area contributed by atoms with Gasteiger partial charge in [0.25, 0.3) is 0 Å². The molecule has 0 amide bonds. The van der Waals surface area contributed by atoms with Crippen LogP contribution in [0.1, 0.15) is 20.3 Å². The summed E-state index contributed by atoms with van der Waals surface area (Å²) in [7, 11) is 0. The molecule has 0 bridgehead atoms. The summed E-state index contributed by atoms with van der Waals surface area (Å²) in [6, 6.07) is 5.59. The number of rotatable bonds is 5. The van der Waals surface area contributed by atoms with E-state index in [0.29, 0.717) is 13.0 Å². The van der Waals surface area contributed by atoms with Crippen molar-refractivity contribution < 1.29 is 9.90 Å². The van der Waals surface area contributed by atoms with Gasteiger partial charge in [-0.3, -0.25) is 14.8 Å². The molecule has 2 aromatic heterocycles. The standard InChI is InChI=1S/C14H17N3O2/c1-14(2,13(18)19)6-9-16-11-5-8-15-10-4-3-7-17-12(10)11/h3-5,7-8H,6,9H2,1-2H3,(H,15,16)(H,18,19). The molecule has 2 heterocycles. The summed E-state index contributed by atoms with van der Waals surface area (Å²) >= 11 is 0. The molecule has 0 saturated carbocycles. The molecule has 5 nitrogen and oxygen atoms in total. The minimum absolute atomic E-state index is 0.541. The first-order chi connectivity index (χ1) is 9.00. The fraction of sp³-hybridized carbons (Fsp3) is 0.357. The third kappa shape index (κ3) is 2.99. The maximum Gasteiger partial charge on any atom is 0.309 e. The van der Waals surface area contributed by atoms with Gasteiger partial charge in [-0.15, -0.1) is 0 Å². The first kappa shape index (κ1) is 13.3. The van der Waals surface area contributed by atoms with Gasteiger partial charge in [-0.1, -0.05) is 0 Å². The summed E-state index contributed by atoms with van der Waals surface area (Å²) in [5.41, 5.74) is 1.78. The van der Waals surface area contributed by atoms with Crippen LogP contribution in [-0.2, 0) is 4.79 Å². The lowest BCUT2D eigenvalue weighted by Gasteiger charge is -2.19. The zero-order valence-electron chi connectivity index (χ0n) is 11.1. The average molecular weight is 259 g/mol. The molecular formula is C14H17N3O2. The van der Waals surface area contributed by atoms with Gasteiger partial charge in [0.1, 0.15) is 5.52 Å². The molecule has 0 aliphatic carbocycles. The van der Waals surface area contributed by atoms with Gasteiger partial charge in [0.15, 0.2) is 0 Å². The second-order valence-corrected chi connectivity index (χ2v) is 5.10. The van der Waals surface area contributed by atoms with Crippen molar-refractivity contribution in [3.05, 3.63) is 30.6 Å². The normalized spacial score (nSPS) is 11.5. The number of nitrogens with one attached hydrogen (secondary N) is 1. The van der Waals surface area contributed by atoms with Crippen LogP contribution in [0.4, 0.5) is 5.69 Å². The zero-order valence-corrected chi connectivity index (χ0v) is 11.1. The fourth-order valence-electron chi connectivity index (χ4n) is 1.74. The second kappa shape index (κ2) is 5.22. The highest BCUT2D eigenvalue weighted by molar-refractivity contribution is 5.86. The van der Waals surface area contributed by atoms with E-state index >= 15 is 0 Å². The Hall–Kier alpha value is -2.17. The van der Waals surface area contributed by atoms with Crippen LogP contribution in [0.5, 0.6) is 0 Å². The number of aromatic nitrogens is 2. The first-order valence-electron chi connectivity index (χ1n) is 6.18. The Morgan fingerprint density at radius 3 is 2.84 bits per heavy atom. The predicted molar refractivity (Wildman–Crippen MR) is 74.1 cm³/mol. The van der Waals surface area contributed by atoms with Gasteiger partial charge >= 0.3 is 5.97 Å². The molecule has 19 heavy (non-hydrogen) atoms. The molecule has 0 fully saturated rings. The van der Waals surface area contributed by atoms with Crippen molar-refractivity contribution in [1.29, 1.82) is 0 Å². The molecule has 2 N–H and O–H groups in total. The lowest BCUT2D eigenvalue weighted by molar-refractivity contribution is -0.147.